The Balaban J connectivity index is 3.05. The van der Waals surface area contributed by atoms with Crippen LogP contribution in [0.1, 0.15) is 32.3 Å². The third-order valence-corrected chi connectivity index (χ3v) is 2.14. The Hall–Kier alpha value is -1.24. The van der Waals surface area contributed by atoms with Crippen molar-refractivity contribution in [1.82, 2.24) is 0 Å². The molecule has 0 fully saturated rings. The van der Waals surface area contributed by atoms with E-state index in [0.717, 1.165) is 18.5 Å². The highest BCUT2D eigenvalue weighted by molar-refractivity contribution is 5.74. The summed E-state index contributed by atoms with van der Waals surface area (Å²) < 4.78 is 0. The molecule has 13 heavy (non-hydrogen) atoms. The van der Waals surface area contributed by atoms with Gasteiger partial charge in [-0.3, -0.25) is 0 Å². The van der Waals surface area contributed by atoms with E-state index in [9.17, 15) is 0 Å². The van der Waals surface area contributed by atoms with Crippen LogP contribution in [0.25, 0.3) is 5.57 Å². The number of allylic oxidation sites excluding steroid dienone is 2. The van der Waals surface area contributed by atoms with Gasteiger partial charge in [0.15, 0.2) is 0 Å². The number of hydrogen-bond donors (Lipinski definition) is 1. The molecule has 2 N–H and O–H groups in total. The quantitative estimate of drug-likeness (QED) is 0.699. The van der Waals surface area contributed by atoms with Crippen LogP contribution in [-0.4, -0.2) is 0 Å². The van der Waals surface area contributed by atoms with Crippen molar-refractivity contribution >= 4 is 11.3 Å². The first-order chi connectivity index (χ1) is 6.29. The summed E-state index contributed by atoms with van der Waals surface area (Å²) in [5, 5.41) is 0. The second kappa shape index (κ2) is 4.70. The van der Waals surface area contributed by atoms with E-state index in [1.807, 2.05) is 18.2 Å². The van der Waals surface area contributed by atoms with Gasteiger partial charge in [0.2, 0.25) is 0 Å². The van der Waals surface area contributed by atoms with Crippen LogP contribution in [-0.2, 0) is 0 Å². The molecule has 0 aliphatic heterocycles. The zero-order valence-corrected chi connectivity index (χ0v) is 8.38. The Morgan fingerprint density at radius 1 is 1.31 bits per heavy atom. The molecule has 0 bridgehead atoms. The van der Waals surface area contributed by atoms with Gasteiger partial charge in [-0.1, -0.05) is 38.1 Å². The largest absolute Gasteiger partial charge is 0.398 e. The third-order valence-electron chi connectivity index (χ3n) is 2.14. The summed E-state index contributed by atoms with van der Waals surface area (Å²) in [6.45, 7) is 4.31. The first-order valence-electron chi connectivity index (χ1n) is 4.83. The molecule has 0 aromatic heterocycles. The topological polar surface area (TPSA) is 26.0 Å². The molecule has 0 spiro atoms. The SMILES string of the molecule is CC/C=C(/CC)c1ccccc1N. The Bertz CT molecular complexity index is 300. The van der Waals surface area contributed by atoms with Gasteiger partial charge in [0.1, 0.15) is 0 Å². The third kappa shape index (κ3) is 2.35. The Morgan fingerprint density at radius 2 is 2.00 bits per heavy atom. The van der Waals surface area contributed by atoms with Gasteiger partial charge in [-0.15, -0.1) is 0 Å². The highest BCUT2D eigenvalue weighted by Gasteiger charge is 2.01. The van der Waals surface area contributed by atoms with E-state index in [2.05, 4.69) is 26.0 Å². The van der Waals surface area contributed by atoms with Crippen molar-refractivity contribution in [3.8, 4) is 0 Å². The normalized spacial score (nSPS) is 11.7. The fraction of sp³-hybridized carbons (Fsp3) is 0.333. The van der Waals surface area contributed by atoms with Crippen LogP contribution in [0.2, 0.25) is 0 Å². The molecule has 1 aromatic carbocycles. The lowest BCUT2D eigenvalue weighted by Crippen LogP contribution is -1.92. The summed E-state index contributed by atoms with van der Waals surface area (Å²) in [4.78, 5) is 0. The lowest BCUT2D eigenvalue weighted by atomic mass is 10.0. The Kier molecular flexibility index (Phi) is 3.56. The van der Waals surface area contributed by atoms with Crippen molar-refractivity contribution in [2.75, 3.05) is 5.73 Å². The van der Waals surface area contributed by atoms with Gasteiger partial charge in [-0.25, -0.2) is 0 Å². The molecule has 0 atom stereocenters. The van der Waals surface area contributed by atoms with Gasteiger partial charge in [-0.2, -0.15) is 0 Å². The number of nitrogen functional groups attached to an aromatic ring is 1. The van der Waals surface area contributed by atoms with E-state index in [-0.39, 0.29) is 0 Å². The van der Waals surface area contributed by atoms with E-state index in [0.29, 0.717) is 0 Å². The predicted molar refractivity (Wildman–Crippen MR) is 59.4 cm³/mol. The molecular formula is C12H17N. The van der Waals surface area contributed by atoms with Crippen molar-refractivity contribution in [3.05, 3.63) is 35.9 Å². The molecule has 0 aliphatic carbocycles. The summed E-state index contributed by atoms with van der Waals surface area (Å²) in [5.74, 6) is 0. The van der Waals surface area contributed by atoms with Crippen LogP contribution in [0.4, 0.5) is 5.69 Å². The maximum atomic E-state index is 5.89. The van der Waals surface area contributed by atoms with Gasteiger partial charge in [0, 0.05) is 11.3 Å². The molecular weight excluding hydrogens is 158 g/mol. The van der Waals surface area contributed by atoms with Gasteiger partial charge in [-0.05, 0) is 24.5 Å². The lowest BCUT2D eigenvalue weighted by Gasteiger charge is -2.07. The fourth-order valence-electron chi connectivity index (χ4n) is 1.48. The smallest absolute Gasteiger partial charge is 0.0390 e. The average Bonchev–Trinajstić information content (AvgIpc) is 2.16. The molecule has 1 heteroatoms. The van der Waals surface area contributed by atoms with Crippen LogP contribution in [0, 0.1) is 0 Å². The number of rotatable bonds is 3. The van der Waals surface area contributed by atoms with Crippen LogP contribution in [0.5, 0.6) is 0 Å². The molecule has 70 valence electrons. The lowest BCUT2D eigenvalue weighted by molar-refractivity contribution is 1.17. The zero-order valence-electron chi connectivity index (χ0n) is 8.38. The van der Waals surface area contributed by atoms with E-state index in [1.54, 1.807) is 0 Å². The van der Waals surface area contributed by atoms with E-state index in [4.69, 9.17) is 5.73 Å². The van der Waals surface area contributed by atoms with Crippen molar-refractivity contribution < 1.29 is 0 Å². The number of anilines is 1. The minimum atomic E-state index is 0.879. The predicted octanol–water partition coefficient (Wildman–Crippen LogP) is 3.47. The minimum absolute atomic E-state index is 0.879. The van der Waals surface area contributed by atoms with E-state index >= 15 is 0 Å². The number of nitrogens with two attached hydrogens (primary N) is 1. The Morgan fingerprint density at radius 3 is 2.54 bits per heavy atom. The molecule has 1 rings (SSSR count). The van der Waals surface area contributed by atoms with Crippen molar-refractivity contribution in [2.45, 2.75) is 26.7 Å². The zero-order chi connectivity index (χ0) is 9.68. The van der Waals surface area contributed by atoms with Gasteiger partial charge in [0.25, 0.3) is 0 Å². The van der Waals surface area contributed by atoms with Crippen molar-refractivity contribution in [3.63, 3.8) is 0 Å². The standard InChI is InChI=1S/C12H17N/c1-3-7-10(4-2)11-8-5-6-9-12(11)13/h5-9H,3-4,13H2,1-2H3/b10-7-. The van der Waals surface area contributed by atoms with Crippen LogP contribution < -0.4 is 5.73 Å². The first kappa shape index (κ1) is 9.85. The van der Waals surface area contributed by atoms with Crippen molar-refractivity contribution in [2.24, 2.45) is 0 Å². The summed E-state index contributed by atoms with van der Waals surface area (Å²) >= 11 is 0. The van der Waals surface area contributed by atoms with Crippen LogP contribution in [0.3, 0.4) is 0 Å². The number of para-hydroxylation sites is 1. The molecule has 0 radical (unpaired) electrons. The highest BCUT2D eigenvalue weighted by Crippen LogP contribution is 2.23. The van der Waals surface area contributed by atoms with Gasteiger partial charge < -0.3 is 5.73 Å². The summed E-state index contributed by atoms with van der Waals surface area (Å²) in [6.07, 6.45) is 4.35. The summed E-state index contributed by atoms with van der Waals surface area (Å²) in [7, 11) is 0. The van der Waals surface area contributed by atoms with Crippen molar-refractivity contribution in [1.29, 1.82) is 0 Å². The van der Waals surface area contributed by atoms with E-state index < -0.39 is 0 Å². The highest BCUT2D eigenvalue weighted by atomic mass is 14.6. The maximum absolute atomic E-state index is 5.89. The van der Waals surface area contributed by atoms with Gasteiger partial charge >= 0.3 is 0 Å². The van der Waals surface area contributed by atoms with Crippen LogP contribution >= 0.6 is 0 Å². The average molecular weight is 175 g/mol. The van der Waals surface area contributed by atoms with E-state index in [1.165, 1.54) is 11.1 Å². The molecule has 0 saturated carbocycles. The second-order valence-electron chi connectivity index (χ2n) is 3.08. The molecule has 0 aliphatic rings. The summed E-state index contributed by atoms with van der Waals surface area (Å²) in [5.41, 5.74) is 9.30. The molecule has 0 unspecified atom stereocenters. The monoisotopic (exact) mass is 175 g/mol. The van der Waals surface area contributed by atoms with Crippen LogP contribution in [0.15, 0.2) is 30.3 Å². The molecule has 0 amide bonds. The molecule has 1 nitrogen and oxygen atoms in total. The van der Waals surface area contributed by atoms with Gasteiger partial charge in [0.05, 0.1) is 0 Å². The molecule has 1 aromatic rings. The maximum Gasteiger partial charge on any atom is 0.0390 e. The number of hydrogen-bond acceptors (Lipinski definition) is 1. The fourth-order valence-corrected chi connectivity index (χ4v) is 1.48. The molecule has 0 saturated heterocycles. The number of benzene rings is 1. The summed E-state index contributed by atoms with van der Waals surface area (Å²) in [6, 6.07) is 8.04. The second-order valence-corrected chi connectivity index (χ2v) is 3.08. The first-order valence-corrected chi connectivity index (χ1v) is 4.83. The Labute approximate surface area is 80.3 Å². The minimum Gasteiger partial charge on any atom is -0.398 e. The molecule has 0 heterocycles.